The number of aromatic nitrogens is 1. The third-order valence-corrected chi connectivity index (χ3v) is 4.31. The summed E-state index contributed by atoms with van der Waals surface area (Å²) in [5.74, 6) is -1.14. The van der Waals surface area contributed by atoms with Crippen LogP contribution in [0.25, 0.3) is 16.5 Å². The van der Waals surface area contributed by atoms with Crippen molar-refractivity contribution in [2.24, 2.45) is 5.92 Å². The second-order valence-corrected chi connectivity index (χ2v) is 5.86. The number of allylic oxidation sites excluding steroid dienone is 1. The Morgan fingerprint density at radius 1 is 1.26 bits per heavy atom. The lowest BCUT2D eigenvalue weighted by molar-refractivity contribution is 0.369. The molecule has 0 spiro atoms. The lowest BCUT2D eigenvalue weighted by atomic mass is 9.98. The lowest BCUT2D eigenvalue weighted by Crippen LogP contribution is -2.32. The van der Waals surface area contributed by atoms with E-state index in [9.17, 15) is 8.78 Å². The van der Waals surface area contributed by atoms with Gasteiger partial charge in [-0.3, -0.25) is 0 Å². The second-order valence-electron chi connectivity index (χ2n) is 5.86. The van der Waals surface area contributed by atoms with E-state index in [-0.39, 0.29) is 0 Å². The maximum atomic E-state index is 13.5. The molecule has 1 aromatic heterocycles. The van der Waals surface area contributed by atoms with Gasteiger partial charge in [0.05, 0.1) is 0 Å². The topological polar surface area (TPSA) is 63.7 Å². The molecule has 0 saturated carbocycles. The summed E-state index contributed by atoms with van der Waals surface area (Å²) >= 11 is 0. The highest BCUT2D eigenvalue weighted by molar-refractivity contribution is 6.13. The van der Waals surface area contributed by atoms with Crippen molar-refractivity contribution < 1.29 is 8.78 Å². The van der Waals surface area contributed by atoms with E-state index in [0.717, 1.165) is 38.5 Å². The van der Waals surface area contributed by atoms with Crippen LogP contribution in [-0.4, -0.2) is 30.8 Å². The van der Waals surface area contributed by atoms with Crippen LogP contribution in [0, 0.1) is 23.0 Å². The van der Waals surface area contributed by atoms with E-state index in [1.54, 1.807) is 12.4 Å². The van der Waals surface area contributed by atoms with Crippen LogP contribution >= 0.6 is 0 Å². The van der Waals surface area contributed by atoms with Crippen molar-refractivity contribution in [2.75, 3.05) is 19.6 Å². The smallest absolute Gasteiger partial charge is 0.160 e. The van der Waals surface area contributed by atoms with Crippen molar-refractivity contribution >= 4 is 22.7 Å². The van der Waals surface area contributed by atoms with Gasteiger partial charge < -0.3 is 21.0 Å². The van der Waals surface area contributed by atoms with Gasteiger partial charge in [0.2, 0.25) is 0 Å². The van der Waals surface area contributed by atoms with Gasteiger partial charge in [-0.15, -0.1) is 0 Å². The molecule has 0 bridgehead atoms. The molecule has 0 atom stereocenters. The van der Waals surface area contributed by atoms with Crippen molar-refractivity contribution in [3.63, 3.8) is 0 Å². The molecule has 4 N–H and O–H groups in total. The molecule has 1 aliphatic rings. The largest absolute Gasteiger partial charge is 0.390 e. The lowest BCUT2D eigenvalue weighted by Gasteiger charge is -2.22. The molecule has 2 aromatic rings. The van der Waals surface area contributed by atoms with Gasteiger partial charge >= 0.3 is 0 Å². The zero-order valence-corrected chi connectivity index (χ0v) is 12.8. The Hall–Kier alpha value is -2.21. The zero-order chi connectivity index (χ0) is 16.2. The van der Waals surface area contributed by atoms with Crippen LogP contribution in [0.15, 0.2) is 24.5 Å². The third kappa shape index (κ3) is 3.42. The number of hydrogen-bond acceptors (Lipinski definition) is 3. The van der Waals surface area contributed by atoms with Gasteiger partial charge in [-0.05, 0) is 37.9 Å². The summed E-state index contributed by atoms with van der Waals surface area (Å²) in [7, 11) is 0. The van der Waals surface area contributed by atoms with E-state index < -0.39 is 11.6 Å². The number of aromatic amines is 1. The first-order valence-electron chi connectivity index (χ1n) is 7.80. The van der Waals surface area contributed by atoms with E-state index in [1.807, 2.05) is 0 Å². The van der Waals surface area contributed by atoms with Crippen molar-refractivity contribution in [3.05, 3.63) is 41.7 Å². The van der Waals surface area contributed by atoms with Crippen LogP contribution in [0.5, 0.6) is 0 Å². The first-order valence-corrected chi connectivity index (χ1v) is 7.80. The second kappa shape index (κ2) is 6.91. The van der Waals surface area contributed by atoms with Gasteiger partial charge in [-0.1, -0.05) is 0 Å². The molecule has 2 heterocycles. The summed E-state index contributed by atoms with van der Waals surface area (Å²) in [5.41, 5.74) is 1.84. The van der Waals surface area contributed by atoms with Crippen LogP contribution in [-0.2, 0) is 0 Å². The molecule has 23 heavy (non-hydrogen) atoms. The Bertz CT molecular complexity index is 730. The average Bonchev–Trinajstić information content (AvgIpc) is 2.96. The SMILES string of the molecule is N=C/C(=C\NCC1CCNCC1)c1c[nH]c2cc(F)c(F)cc12. The Labute approximate surface area is 133 Å². The van der Waals surface area contributed by atoms with E-state index >= 15 is 0 Å². The van der Waals surface area contributed by atoms with Gasteiger partial charge in [0.25, 0.3) is 0 Å². The fraction of sp³-hybridized carbons (Fsp3) is 0.353. The van der Waals surface area contributed by atoms with Crippen LogP contribution in [0.3, 0.4) is 0 Å². The van der Waals surface area contributed by atoms with Crippen molar-refractivity contribution in [1.82, 2.24) is 15.6 Å². The molecule has 1 aromatic carbocycles. The number of nitrogens with one attached hydrogen (secondary N) is 4. The maximum absolute atomic E-state index is 13.5. The number of piperidine rings is 1. The maximum Gasteiger partial charge on any atom is 0.160 e. The number of halogens is 2. The summed E-state index contributed by atoms with van der Waals surface area (Å²) in [4.78, 5) is 2.92. The highest BCUT2D eigenvalue weighted by atomic mass is 19.2. The predicted molar refractivity (Wildman–Crippen MR) is 88.6 cm³/mol. The van der Waals surface area contributed by atoms with Crippen LogP contribution < -0.4 is 10.6 Å². The minimum atomic E-state index is -0.884. The quantitative estimate of drug-likeness (QED) is 0.640. The van der Waals surface area contributed by atoms with Gasteiger partial charge in [-0.2, -0.15) is 0 Å². The number of fused-ring (bicyclic) bond motifs is 1. The average molecular weight is 318 g/mol. The molecule has 0 radical (unpaired) electrons. The van der Waals surface area contributed by atoms with Crippen molar-refractivity contribution in [1.29, 1.82) is 5.41 Å². The highest BCUT2D eigenvalue weighted by Crippen LogP contribution is 2.26. The molecular weight excluding hydrogens is 298 g/mol. The Kier molecular flexibility index (Phi) is 4.71. The van der Waals surface area contributed by atoms with Crippen LogP contribution in [0.4, 0.5) is 8.78 Å². The molecule has 4 nitrogen and oxygen atoms in total. The molecule has 122 valence electrons. The molecule has 1 fully saturated rings. The summed E-state index contributed by atoms with van der Waals surface area (Å²) in [5, 5.41) is 14.8. The Morgan fingerprint density at radius 2 is 2.00 bits per heavy atom. The summed E-state index contributed by atoms with van der Waals surface area (Å²) < 4.78 is 26.8. The van der Waals surface area contributed by atoms with Gasteiger partial charge in [0.1, 0.15) is 0 Å². The Balaban J connectivity index is 1.78. The monoisotopic (exact) mass is 318 g/mol. The van der Waals surface area contributed by atoms with Gasteiger partial charge in [0, 0.05) is 53.3 Å². The fourth-order valence-electron chi connectivity index (χ4n) is 2.97. The van der Waals surface area contributed by atoms with E-state index in [0.29, 0.717) is 28.0 Å². The molecule has 0 unspecified atom stereocenters. The molecule has 0 amide bonds. The molecule has 3 rings (SSSR count). The minimum Gasteiger partial charge on any atom is -0.390 e. The highest BCUT2D eigenvalue weighted by Gasteiger charge is 2.13. The van der Waals surface area contributed by atoms with Crippen LogP contribution in [0.2, 0.25) is 0 Å². The van der Waals surface area contributed by atoms with Crippen molar-refractivity contribution in [2.45, 2.75) is 12.8 Å². The third-order valence-electron chi connectivity index (χ3n) is 4.31. The standard InChI is InChI=1S/C17H20F2N4/c18-15-5-13-14(10-23-17(13)6-16(15)19)12(7-20)9-22-8-11-1-3-21-4-2-11/h5-7,9-11,20-23H,1-4,8H2/b12-9+,20-7?. The fourth-order valence-corrected chi connectivity index (χ4v) is 2.97. The van der Waals surface area contributed by atoms with Crippen molar-refractivity contribution in [3.8, 4) is 0 Å². The van der Waals surface area contributed by atoms with E-state index in [1.165, 1.54) is 12.3 Å². The number of hydrogen-bond donors (Lipinski definition) is 4. The molecule has 1 saturated heterocycles. The van der Waals surface area contributed by atoms with Crippen LogP contribution in [0.1, 0.15) is 18.4 Å². The molecule has 1 aliphatic heterocycles. The summed E-state index contributed by atoms with van der Waals surface area (Å²) in [6, 6.07) is 2.30. The molecule has 6 heteroatoms. The number of H-pyrrole nitrogens is 1. The first-order chi connectivity index (χ1) is 11.2. The van der Waals surface area contributed by atoms with Gasteiger partial charge in [-0.25, -0.2) is 8.78 Å². The summed E-state index contributed by atoms with van der Waals surface area (Å²) in [6.45, 7) is 2.94. The zero-order valence-electron chi connectivity index (χ0n) is 12.8. The molecular formula is C17H20F2N4. The van der Waals surface area contributed by atoms with E-state index in [2.05, 4.69) is 15.6 Å². The minimum absolute atomic E-state index is 0.519. The van der Waals surface area contributed by atoms with E-state index in [4.69, 9.17) is 5.41 Å². The van der Waals surface area contributed by atoms with Gasteiger partial charge in [0.15, 0.2) is 11.6 Å². The number of benzene rings is 1. The normalized spacial score (nSPS) is 16.7. The Morgan fingerprint density at radius 3 is 2.74 bits per heavy atom. The first kappa shape index (κ1) is 15.7. The summed E-state index contributed by atoms with van der Waals surface area (Å²) in [6.07, 6.45) is 6.95. The predicted octanol–water partition coefficient (Wildman–Crippen LogP) is 3.03. The molecule has 0 aliphatic carbocycles. The number of rotatable bonds is 5.